The van der Waals surface area contributed by atoms with Crippen LogP contribution in [-0.2, 0) is 19.9 Å². The maximum atomic E-state index is 13.3. The molecule has 6 nitrogen and oxygen atoms in total. The SMILES string of the molecule is CCC(=O)c1cn(CP(=O)(OC(C)C)OC(C)C)c2ccccc2c1=O. The number of rotatable bonds is 8. The van der Waals surface area contributed by atoms with Crippen LogP contribution in [-0.4, -0.2) is 22.6 Å². The quantitative estimate of drug-likeness (QED) is 0.495. The van der Waals surface area contributed by atoms with Gasteiger partial charge in [-0.2, -0.15) is 0 Å². The Balaban J connectivity index is 2.63. The molecule has 0 atom stereocenters. The molecule has 0 spiro atoms. The minimum atomic E-state index is -3.48. The van der Waals surface area contributed by atoms with Gasteiger partial charge in [0.15, 0.2) is 11.2 Å². The number of aromatic nitrogens is 1. The first-order valence-electron chi connectivity index (χ1n) is 8.78. The first-order chi connectivity index (χ1) is 12.2. The zero-order valence-corrected chi connectivity index (χ0v) is 16.8. The van der Waals surface area contributed by atoms with E-state index < -0.39 is 7.60 Å². The maximum Gasteiger partial charge on any atom is 0.350 e. The second kappa shape index (κ2) is 8.30. The van der Waals surface area contributed by atoms with Crippen LogP contribution in [0.25, 0.3) is 10.9 Å². The number of hydrogen-bond donors (Lipinski definition) is 0. The molecule has 26 heavy (non-hydrogen) atoms. The third-order valence-corrected chi connectivity index (χ3v) is 5.81. The fraction of sp³-hybridized carbons (Fsp3) is 0.474. The summed E-state index contributed by atoms with van der Waals surface area (Å²) in [5.74, 6) is -0.251. The van der Waals surface area contributed by atoms with Gasteiger partial charge >= 0.3 is 7.60 Å². The van der Waals surface area contributed by atoms with Gasteiger partial charge < -0.3 is 13.6 Å². The summed E-state index contributed by atoms with van der Waals surface area (Å²) in [4.78, 5) is 24.8. The molecular formula is C19H26NO5P. The van der Waals surface area contributed by atoms with Gasteiger partial charge in [-0.15, -0.1) is 0 Å². The molecular weight excluding hydrogens is 353 g/mol. The van der Waals surface area contributed by atoms with E-state index in [9.17, 15) is 14.2 Å². The highest BCUT2D eigenvalue weighted by molar-refractivity contribution is 7.52. The van der Waals surface area contributed by atoms with E-state index in [-0.39, 0.29) is 41.7 Å². The molecule has 0 aliphatic heterocycles. The molecule has 2 rings (SSSR count). The van der Waals surface area contributed by atoms with Crippen molar-refractivity contribution in [2.45, 2.75) is 59.5 Å². The number of carbonyl (C=O) groups is 1. The summed E-state index contributed by atoms with van der Waals surface area (Å²) in [5.41, 5.74) is 0.366. The van der Waals surface area contributed by atoms with Crippen molar-refractivity contribution in [3.63, 3.8) is 0 Å². The number of para-hydroxylation sites is 1. The van der Waals surface area contributed by atoms with Gasteiger partial charge in [0.05, 0.1) is 23.3 Å². The molecule has 0 N–H and O–H groups in total. The van der Waals surface area contributed by atoms with Crippen molar-refractivity contribution in [3.8, 4) is 0 Å². The highest BCUT2D eigenvalue weighted by atomic mass is 31.2. The highest BCUT2D eigenvalue weighted by Crippen LogP contribution is 2.52. The first kappa shape index (κ1) is 20.6. The van der Waals surface area contributed by atoms with Gasteiger partial charge in [0.2, 0.25) is 0 Å². The van der Waals surface area contributed by atoms with E-state index in [0.717, 1.165) is 0 Å². The average molecular weight is 379 g/mol. The molecule has 0 saturated carbocycles. The molecule has 1 aromatic heterocycles. The summed E-state index contributed by atoms with van der Waals surface area (Å²) in [6.45, 7) is 8.84. The molecule has 0 radical (unpaired) electrons. The Bertz CT molecular complexity index is 886. The smallest absolute Gasteiger partial charge is 0.334 e. The van der Waals surface area contributed by atoms with Crippen LogP contribution in [0, 0.1) is 0 Å². The molecule has 0 aliphatic carbocycles. The lowest BCUT2D eigenvalue weighted by Crippen LogP contribution is -2.20. The fourth-order valence-corrected chi connectivity index (χ4v) is 4.85. The number of Topliss-reactive ketones (excluding diaryl/α,β-unsaturated/α-hetero) is 1. The molecule has 142 valence electrons. The molecule has 1 heterocycles. The van der Waals surface area contributed by atoms with Crippen molar-refractivity contribution in [1.82, 2.24) is 4.57 Å². The third-order valence-electron chi connectivity index (χ3n) is 3.68. The van der Waals surface area contributed by atoms with Gasteiger partial charge in [0, 0.05) is 18.0 Å². The largest absolute Gasteiger partial charge is 0.350 e. The average Bonchev–Trinajstić information content (AvgIpc) is 2.55. The van der Waals surface area contributed by atoms with Crippen molar-refractivity contribution in [2.24, 2.45) is 0 Å². The second-order valence-electron chi connectivity index (χ2n) is 6.70. The van der Waals surface area contributed by atoms with E-state index in [1.807, 2.05) is 0 Å². The van der Waals surface area contributed by atoms with Crippen molar-refractivity contribution in [3.05, 3.63) is 46.2 Å². The molecule has 0 aliphatic rings. The Hall–Kier alpha value is -1.75. The van der Waals surface area contributed by atoms with Crippen LogP contribution in [0.15, 0.2) is 35.3 Å². The van der Waals surface area contributed by atoms with Crippen molar-refractivity contribution >= 4 is 24.3 Å². The number of hydrogen-bond acceptors (Lipinski definition) is 5. The van der Waals surface area contributed by atoms with Crippen LogP contribution in [0.5, 0.6) is 0 Å². The number of ketones is 1. The fourth-order valence-electron chi connectivity index (χ4n) is 2.77. The van der Waals surface area contributed by atoms with E-state index in [1.165, 1.54) is 6.20 Å². The monoisotopic (exact) mass is 379 g/mol. The summed E-state index contributed by atoms with van der Waals surface area (Å²) in [5, 5.41) is 0.410. The van der Waals surface area contributed by atoms with Crippen LogP contribution >= 0.6 is 7.60 Å². The van der Waals surface area contributed by atoms with Gasteiger partial charge in [-0.25, -0.2) is 0 Å². The molecule has 0 unspecified atom stereocenters. The minimum Gasteiger partial charge on any atom is -0.334 e. The molecule has 7 heteroatoms. The highest BCUT2D eigenvalue weighted by Gasteiger charge is 2.29. The van der Waals surface area contributed by atoms with E-state index in [0.29, 0.717) is 10.9 Å². The van der Waals surface area contributed by atoms with Gasteiger partial charge in [-0.05, 0) is 39.8 Å². The summed E-state index contributed by atoms with van der Waals surface area (Å²) in [7, 11) is -3.48. The Morgan fingerprint density at radius 2 is 1.69 bits per heavy atom. The molecule has 0 bridgehead atoms. The molecule has 0 saturated heterocycles. The topological polar surface area (TPSA) is 74.6 Å². The first-order valence-corrected chi connectivity index (χ1v) is 10.5. The summed E-state index contributed by atoms with van der Waals surface area (Å²) in [6.07, 6.45) is 1.03. The maximum absolute atomic E-state index is 13.3. The predicted molar refractivity (Wildman–Crippen MR) is 103 cm³/mol. The van der Waals surface area contributed by atoms with Gasteiger partial charge in [-0.1, -0.05) is 19.1 Å². The lowest BCUT2D eigenvalue weighted by atomic mass is 10.1. The standard InChI is InChI=1S/C19H26NO5P/c1-6-18(21)16-11-20(17-10-8-7-9-15(17)19(16)22)12-26(23,24-13(2)3)25-14(4)5/h7-11,13-14H,6,12H2,1-5H3. The van der Waals surface area contributed by atoms with Crippen LogP contribution < -0.4 is 5.43 Å². The Labute approximate surface area is 153 Å². The van der Waals surface area contributed by atoms with Gasteiger partial charge in [-0.3, -0.25) is 14.2 Å². The van der Waals surface area contributed by atoms with Gasteiger partial charge in [0.25, 0.3) is 0 Å². The number of carbonyl (C=O) groups excluding carboxylic acids is 1. The van der Waals surface area contributed by atoms with Crippen LogP contribution in [0.3, 0.4) is 0 Å². The summed E-state index contributed by atoms with van der Waals surface area (Å²) >= 11 is 0. The zero-order chi connectivity index (χ0) is 19.5. The third kappa shape index (κ3) is 4.70. The van der Waals surface area contributed by atoms with Crippen LogP contribution in [0.1, 0.15) is 51.4 Å². The minimum absolute atomic E-state index is 0.0753. The number of nitrogens with zero attached hydrogens (tertiary/aromatic N) is 1. The van der Waals surface area contributed by atoms with E-state index in [4.69, 9.17) is 9.05 Å². The lowest BCUT2D eigenvalue weighted by molar-refractivity contribution is 0.0986. The van der Waals surface area contributed by atoms with E-state index >= 15 is 0 Å². The molecule has 2 aromatic rings. The predicted octanol–water partition coefficient (Wildman–Crippen LogP) is 4.59. The Morgan fingerprint density at radius 1 is 1.12 bits per heavy atom. The van der Waals surface area contributed by atoms with Crippen LogP contribution in [0.4, 0.5) is 0 Å². The number of fused-ring (bicyclic) bond motifs is 1. The van der Waals surface area contributed by atoms with Crippen molar-refractivity contribution in [2.75, 3.05) is 0 Å². The Morgan fingerprint density at radius 3 is 2.23 bits per heavy atom. The second-order valence-corrected chi connectivity index (χ2v) is 8.62. The Kier molecular flexibility index (Phi) is 6.56. The zero-order valence-electron chi connectivity index (χ0n) is 15.9. The number of benzene rings is 1. The van der Waals surface area contributed by atoms with Crippen molar-refractivity contribution in [1.29, 1.82) is 0 Å². The molecule has 0 fully saturated rings. The van der Waals surface area contributed by atoms with Crippen LogP contribution in [0.2, 0.25) is 0 Å². The van der Waals surface area contributed by atoms with E-state index in [1.54, 1.807) is 63.5 Å². The van der Waals surface area contributed by atoms with E-state index in [2.05, 4.69) is 0 Å². The summed E-state index contributed by atoms with van der Waals surface area (Å²) < 4.78 is 26.1. The molecule has 1 aromatic carbocycles. The normalized spacial score (nSPS) is 12.3. The van der Waals surface area contributed by atoms with Crippen molar-refractivity contribution < 1.29 is 18.4 Å². The summed E-state index contributed by atoms with van der Waals surface area (Å²) in [6, 6.07) is 6.95. The lowest BCUT2D eigenvalue weighted by Gasteiger charge is -2.24. The van der Waals surface area contributed by atoms with Gasteiger partial charge in [0.1, 0.15) is 6.29 Å². The molecule has 0 amide bonds. The number of pyridine rings is 1.